The predicted octanol–water partition coefficient (Wildman–Crippen LogP) is 4.25. The standard InChI is InChI=1S/C18H12N4O5S4/c23-15(7-12-10-29-17(20-12)11-5-6-28-9-11)21-18-19-8-16(30-18)31(26,27)14-3-1-13(2-4-14)22(24)25/h1-6,8-10H,7H2,(H,19,21,23). The minimum atomic E-state index is -3.90. The normalized spacial score (nSPS) is 11.4. The van der Waals surface area contributed by atoms with Crippen LogP contribution in [-0.2, 0) is 21.1 Å². The Morgan fingerprint density at radius 2 is 1.94 bits per heavy atom. The van der Waals surface area contributed by atoms with Gasteiger partial charge in [-0.3, -0.25) is 14.9 Å². The second-order valence-electron chi connectivity index (χ2n) is 6.12. The topological polar surface area (TPSA) is 132 Å². The number of amides is 1. The number of carbonyl (C=O) groups excluding carboxylic acids is 1. The summed E-state index contributed by atoms with van der Waals surface area (Å²) in [6, 6.07) is 6.52. The van der Waals surface area contributed by atoms with Crippen LogP contribution in [0.5, 0.6) is 0 Å². The van der Waals surface area contributed by atoms with E-state index in [1.54, 1.807) is 16.7 Å². The lowest BCUT2D eigenvalue weighted by atomic mass is 10.3. The highest BCUT2D eigenvalue weighted by Gasteiger charge is 2.22. The molecule has 0 radical (unpaired) electrons. The number of benzene rings is 1. The molecule has 0 fully saturated rings. The molecule has 0 unspecified atom stereocenters. The summed E-state index contributed by atoms with van der Waals surface area (Å²) >= 11 is 3.82. The summed E-state index contributed by atoms with van der Waals surface area (Å²) in [4.78, 5) is 30.8. The molecule has 1 amide bonds. The average molecular weight is 493 g/mol. The minimum Gasteiger partial charge on any atom is -0.302 e. The van der Waals surface area contributed by atoms with Gasteiger partial charge in [0.05, 0.1) is 28.1 Å². The van der Waals surface area contributed by atoms with Gasteiger partial charge in [0, 0.05) is 28.5 Å². The fraction of sp³-hybridized carbons (Fsp3) is 0.0556. The number of sulfone groups is 1. The van der Waals surface area contributed by atoms with E-state index >= 15 is 0 Å². The third kappa shape index (κ3) is 4.69. The summed E-state index contributed by atoms with van der Waals surface area (Å²) in [5, 5.41) is 20.0. The van der Waals surface area contributed by atoms with E-state index in [9.17, 15) is 23.3 Å². The maximum Gasteiger partial charge on any atom is 0.269 e. The van der Waals surface area contributed by atoms with E-state index in [0.29, 0.717) is 5.69 Å². The van der Waals surface area contributed by atoms with Crippen LogP contribution in [0.3, 0.4) is 0 Å². The van der Waals surface area contributed by atoms with Crippen LogP contribution in [0.25, 0.3) is 10.6 Å². The van der Waals surface area contributed by atoms with Crippen molar-refractivity contribution in [3.8, 4) is 10.6 Å². The highest BCUT2D eigenvalue weighted by molar-refractivity contribution is 7.93. The Hall–Kier alpha value is -3.00. The van der Waals surface area contributed by atoms with E-state index in [2.05, 4.69) is 15.3 Å². The molecule has 0 saturated carbocycles. The average Bonchev–Trinajstić information content (AvgIpc) is 3.49. The first-order valence-electron chi connectivity index (χ1n) is 8.55. The van der Waals surface area contributed by atoms with Crippen molar-refractivity contribution >= 4 is 60.6 Å². The Balaban J connectivity index is 1.43. The quantitative estimate of drug-likeness (QED) is 0.301. The summed E-state index contributed by atoms with van der Waals surface area (Å²) in [5.41, 5.74) is 1.40. The number of thiophene rings is 1. The number of hydrogen-bond donors (Lipinski definition) is 1. The Labute approximate surface area is 188 Å². The summed E-state index contributed by atoms with van der Waals surface area (Å²) < 4.78 is 25.3. The van der Waals surface area contributed by atoms with Crippen LogP contribution in [0, 0.1) is 10.1 Å². The largest absolute Gasteiger partial charge is 0.302 e. The molecule has 1 N–H and O–H groups in total. The number of nitrogens with one attached hydrogen (secondary N) is 1. The van der Waals surface area contributed by atoms with E-state index < -0.39 is 14.8 Å². The highest BCUT2D eigenvalue weighted by Crippen LogP contribution is 2.30. The van der Waals surface area contributed by atoms with Crippen LogP contribution >= 0.6 is 34.0 Å². The van der Waals surface area contributed by atoms with Gasteiger partial charge in [0.15, 0.2) is 5.13 Å². The van der Waals surface area contributed by atoms with Crippen LogP contribution in [0.2, 0.25) is 0 Å². The molecular formula is C18H12N4O5S4. The van der Waals surface area contributed by atoms with Gasteiger partial charge in [0.1, 0.15) is 9.22 Å². The van der Waals surface area contributed by atoms with E-state index in [1.165, 1.54) is 23.5 Å². The van der Waals surface area contributed by atoms with Gasteiger partial charge < -0.3 is 5.32 Å². The number of hydrogen-bond acceptors (Lipinski definition) is 10. The van der Waals surface area contributed by atoms with Gasteiger partial charge in [-0.2, -0.15) is 11.3 Å². The van der Waals surface area contributed by atoms with Gasteiger partial charge in [-0.1, -0.05) is 11.3 Å². The van der Waals surface area contributed by atoms with Crippen LogP contribution in [0.1, 0.15) is 5.69 Å². The zero-order valence-corrected chi connectivity index (χ0v) is 18.7. The molecular weight excluding hydrogens is 480 g/mol. The third-order valence-electron chi connectivity index (χ3n) is 4.02. The predicted molar refractivity (Wildman–Crippen MR) is 118 cm³/mol. The smallest absolute Gasteiger partial charge is 0.269 e. The molecule has 3 heterocycles. The van der Waals surface area contributed by atoms with Gasteiger partial charge in [-0.15, -0.1) is 11.3 Å². The number of carbonyl (C=O) groups is 1. The lowest BCUT2D eigenvalue weighted by Crippen LogP contribution is -2.14. The molecule has 0 saturated heterocycles. The Bertz CT molecular complexity index is 1340. The number of nitro benzene ring substituents is 1. The van der Waals surface area contributed by atoms with Crippen molar-refractivity contribution in [3.05, 3.63) is 68.5 Å². The Morgan fingerprint density at radius 3 is 2.61 bits per heavy atom. The summed E-state index contributed by atoms with van der Waals surface area (Å²) in [6.07, 6.45) is 1.18. The third-order valence-corrected chi connectivity index (χ3v) is 8.78. The molecule has 0 atom stereocenters. The first kappa shape index (κ1) is 21.2. The molecule has 0 aliphatic carbocycles. The van der Waals surface area contributed by atoms with Crippen molar-refractivity contribution in [1.29, 1.82) is 0 Å². The van der Waals surface area contributed by atoms with Crippen molar-refractivity contribution in [1.82, 2.24) is 9.97 Å². The fourth-order valence-electron chi connectivity index (χ4n) is 2.54. The van der Waals surface area contributed by atoms with Crippen molar-refractivity contribution in [2.75, 3.05) is 5.32 Å². The zero-order valence-electron chi connectivity index (χ0n) is 15.4. The molecule has 0 bridgehead atoms. The molecule has 0 aliphatic heterocycles. The molecule has 1 aromatic carbocycles. The summed E-state index contributed by atoms with van der Waals surface area (Å²) in [5.74, 6) is -0.365. The van der Waals surface area contributed by atoms with Crippen molar-refractivity contribution in [3.63, 3.8) is 0 Å². The monoisotopic (exact) mass is 492 g/mol. The SMILES string of the molecule is O=C(Cc1csc(-c2ccsc2)n1)Nc1ncc(S(=O)(=O)c2ccc([N+](=O)[O-])cc2)s1. The van der Waals surface area contributed by atoms with Gasteiger partial charge in [-0.05, 0) is 23.6 Å². The number of rotatable bonds is 7. The van der Waals surface area contributed by atoms with Gasteiger partial charge in [0.2, 0.25) is 15.7 Å². The number of thiazole rings is 2. The minimum absolute atomic E-state index is 0.0324. The number of non-ortho nitro benzene ring substituents is 1. The molecule has 13 heteroatoms. The van der Waals surface area contributed by atoms with E-state index in [-0.39, 0.29) is 32.3 Å². The first-order valence-corrected chi connectivity index (χ1v) is 12.7. The molecule has 9 nitrogen and oxygen atoms in total. The van der Waals surface area contributed by atoms with Crippen molar-refractivity contribution in [2.45, 2.75) is 15.5 Å². The van der Waals surface area contributed by atoms with Gasteiger partial charge >= 0.3 is 0 Å². The zero-order chi connectivity index (χ0) is 22.0. The molecule has 158 valence electrons. The van der Waals surface area contributed by atoms with E-state index in [0.717, 1.165) is 40.2 Å². The highest BCUT2D eigenvalue weighted by atomic mass is 32.2. The summed E-state index contributed by atoms with van der Waals surface area (Å²) in [7, 11) is -3.90. The molecule has 31 heavy (non-hydrogen) atoms. The van der Waals surface area contributed by atoms with Crippen LogP contribution in [0.15, 0.2) is 61.8 Å². The lowest BCUT2D eigenvalue weighted by molar-refractivity contribution is -0.384. The number of nitrogens with zero attached hydrogens (tertiary/aromatic N) is 3. The van der Waals surface area contributed by atoms with Gasteiger partial charge in [-0.25, -0.2) is 18.4 Å². The van der Waals surface area contributed by atoms with Crippen LogP contribution < -0.4 is 5.32 Å². The Kier molecular flexibility index (Phi) is 5.91. The van der Waals surface area contributed by atoms with Crippen molar-refractivity contribution < 1.29 is 18.1 Å². The second-order valence-corrected chi connectivity index (χ2v) is 11.0. The second kappa shape index (κ2) is 8.63. The molecule has 4 rings (SSSR count). The number of anilines is 1. The fourth-order valence-corrected chi connectivity index (χ4v) is 6.52. The first-order chi connectivity index (χ1) is 14.8. The lowest BCUT2D eigenvalue weighted by Gasteiger charge is -2.01. The molecule has 0 aliphatic rings. The van der Waals surface area contributed by atoms with Gasteiger partial charge in [0.25, 0.3) is 5.69 Å². The Morgan fingerprint density at radius 1 is 1.16 bits per heavy atom. The van der Waals surface area contributed by atoms with Crippen molar-refractivity contribution in [2.24, 2.45) is 0 Å². The summed E-state index contributed by atoms with van der Waals surface area (Å²) in [6.45, 7) is 0. The van der Waals surface area contributed by atoms with Crippen LogP contribution in [0.4, 0.5) is 10.8 Å². The molecule has 4 aromatic rings. The number of aromatic nitrogens is 2. The van der Waals surface area contributed by atoms with E-state index in [4.69, 9.17) is 0 Å². The molecule has 3 aromatic heterocycles. The van der Waals surface area contributed by atoms with E-state index in [1.807, 2.05) is 16.8 Å². The number of nitro groups is 1. The molecule has 0 spiro atoms. The maximum absolute atomic E-state index is 12.7. The van der Waals surface area contributed by atoms with Crippen LogP contribution in [-0.4, -0.2) is 29.2 Å². The maximum atomic E-state index is 12.7.